The molecular weight excluding hydrogens is 877 g/mol. The Morgan fingerprint density at radius 1 is 0.282 bits per heavy atom. The summed E-state index contributed by atoms with van der Waals surface area (Å²) in [7, 11) is 0. The maximum absolute atomic E-state index is 12.9. The molecule has 0 heterocycles. The van der Waals surface area contributed by atoms with Crippen molar-refractivity contribution in [2.75, 3.05) is 13.2 Å². The molecule has 0 aromatic heterocycles. The second kappa shape index (κ2) is 57.6. The third-order valence-electron chi connectivity index (χ3n) is 11.0. The smallest absolute Gasteiger partial charge is 0.306 e. The number of ether oxygens (including phenoxy) is 3. The molecule has 396 valence electrons. The van der Waals surface area contributed by atoms with Crippen molar-refractivity contribution in [3.05, 3.63) is 158 Å². The van der Waals surface area contributed by atoms with Gasteiger partial charge in [-0.3, -0.25) is 14.4 Å². The van der Waals surface area contributed by atoms with Crippen LogP contribution < -0.4 is 0 Å². The van der Waals surface area contributed by atoms with E-state index in [9.17, 15) is 14.4 Å². The van der Waals surface area contributed by atoms with Gasteiger partial charge in [-0.15, -0.1) is 0 Å². The zero-order valence-corrected chi connectivity index (χ0v) is 45.2. The molecule has 0 aliphatic carbocycles. The van der Waals surface area contributed by atoms with Crippen molar-refractivity contribution in [3.63, 3.8) is 0 Å². The van der Waals surface area contributed by atoms with Gasteiger partial charge < -0.3 is 14.2 Å². The van der Waals surface area contributed by atoms with Crippen molar-refractivity contribution in [1.82, 2.24) is 0 Å². The third-order valence-corrected chi connectivity index (χ3v) is 11.0. The highest BCUT2D eigenvalue weighted by molar-refractivity contribution is 5.71. The molecule has 0 radical (unpaired) electrons. The highest BCUT2D eigenvalue weighted by atomic mass is 16.6. The van der Waals surface area contributed by atoms with Gasteiger partial charge in [0.2, 0.25) is 0 Å². The maximum Gasteiger partial charge on any atom is 0.306 e. The summed E-state index contributed by atoms with van der Waals surface area (Å²) in [5, 5.41) is 0. The molecule has 0 aromatic carbocycles. The van der Waals surface area contributed by atoms with Crippen molar-refractivity contribution >= 4 is 17.9 Å². The van der Waals surface area contributed by atoms with E-state index in [2.05, 4.69) is 167 Å². The molecule has 0 aromatic rings. The number of unbranched alkanes of at least 4 members (excludes halogenated alkanes) is 11. The Hall–Kier alpha value is -4.97. The molecule has 0 aliphatic heterocycles. The molecule has 0 N–H and O–H groups in total. The highest BCUT2D eigenvalue weighted by Gasteiger charge is 2.19. The summed E-state index contributed by atoms with van der Waals surface area (Å²) in [5.41, 5.74) is 0. The van der Waals surface area contributed by atoms with E-state index in [1.807, 2.05) is 12.2 Å². The normalized spacial score (nSPS) is 13.3. The van der Waals surface area contributed by atoms with E-state index < -0.39 is 6.10 Å². The molecule has 0 spiro atoms. The number of carbonyl (C=O) groups excluding carboxylic acids is 3. The Kier molecular flexibility index (Phi) is 53.6. The van der Waals surface area contributed by atoms with Gasteiger partial charge >= 0.3 is 17.9 Å². The first kappa shape index (κ1) is 66.0. The summed E-state index contributed by atoms with van der Waals surface area (Å²) in [4.78, 5) is 38.1. The Labute approximate surface area is 435 Å². The topological polar surface area (TPSA) is 78.9 Å². The minimum absolute atomic E-state index is 0.124. The number of carbonyl (C=O) groups is 3. The largest absolute Gasteiger partial charge is 0.462 e. The van der Waals surface area contributed by atoms with Gasteiger partial charge in [-0.2, -0.15) is 0 Å². The molecule has 1 unspecified atom stereocenters. The fraction of sp³-hybridized carbons (Fsp3) is 0.554. The zero-order chi connectivity index (χ0) is 51.4. The summed E-state index contributed by atoms with van der Waals surface area (Å²) < 4.78 is 16.7. The Morgan fingerprint density at radius 2 is 0.535 bits per heavy atom. The fourth-order valence-corrected chi connectivity index (χ4v) is 6.94. The fourth-order valence-electron chi connectivity index (χ4n) is 6.94. The van der Waals surface area contributed by atoms with Crippen molar-refractivity contribution in [2.24, 2.45) is 0 Å². The molecule has 0 amide bonds. The zero-order valence-electron chi connectivity index (χ0n) is 45.2. The van der Waals surface area contributed by atoms with E-state index in [4.69, 9.17) is 14.2 Å². The molecule has 6 nitrogen and oxygen atoms in total. The first-order valence-corrected chi connectivity index (χ1v) is 28.0. The standard InChI is InChI=1S/C65H100O6/c1-4-7-10-13-16-19-22-25-27-29-31-32-34-35-37-40-43-46-49-52-55-58-64(67)70-61-62(60-69-63(66)57-54-51-48-45-42-39-24-21-18-15-12-9-6-3)71-65(68)59-56-53-50-47-44-41-38-36-33-30-28-26-23-20-17-14-11-8-5-2/h7-12,16-21,25-28,31-33,35-37,39,42,48,51,62H,4-6,13-15,22-24,29-30,34,38,40-41,43-47,49-50,52-61H2,1-3H3/b10-7-,11-8-,12-9-,19-16-,20-17-,21-18-,27-25-,28-26-,32-31-,36-33-,37-35-,42-39-,51-48-. The van der Waals surface area contributed by atoms with Gasteiger partial charge in [-0.1, -0.05) is 224 Å². The minimum atomic E-state index is -0.831. The highest BCUT2D eigenvalue weighted by Crippen LogP contribution is 2.13. The molecule has 0 saturated heterocycles. The molecule has 0 rings (SSSR count). The minimum Gasteiger partial charge on any atom is -0.462 e. The van der Waals surface area contributed by atoms with Gasteiger partial charge in [0, 0.05) is 19.3 Å². The average Bonchev–Trinajstić information content (AvgIpc) is 3.37. The van der Waals surface area contributed by atoms with E-state index in [1.54, 1.807) is 0 Å². The first-order chi connectivity index (χ1) is 35.0. The van der Waals surface area contributed by atoms with Crippen molar-refractivity contribution in [2.45, 2.75) is 219 Å². The average molecular weight is 978 g/mol. The van der Waals surface area contributed by atoms with Crippen LogP contribution in [0.1, 0.15) is 213 Å². The quantitative estimate of drug-likeness (QED) is 0.0262. The van der Waals surface area contributed by atoms with Gasteiger partial charge in [0.25, 0.3) is 0 Å². The van der Waals surface area contributed by atoms with Crippen LogP contribution in [0.2, 0.25) is 0 Å². The van der Waals surface area contributed by atoms with E-state index in [0.717, 1.165) is 154 Å². The summed E-state index contributed by atoms with van der Waals surface area (Å²) in [5.74, 6) is -1.05. The van der Waals surface area contributed by atoms with Gasteiger partial charge in [0.05, 0.1) is 0 Å². The molecule has 1 atom stereocenters. The number of allylic oxidation sites excluding steroid dienone is 26. The van der Waals surface area contributed by atoms with E-state index >= 15 is 0 Å². The predicted octanol–water partition coefficient (Wildman–Crippen LogP) is 19.0. The van der Waals surface area contributed by atoms with E-state index in [0.29, 0.717) is 12.8 Å². The summed E-state index contributed by atoms with van der Waals surface area (Å²) in [6, 6.07) is 0. The lowest BCUT2D eigenvalue weighted by atomic mass is 10.1. The Balaban J connectivity index is 4.53. The summed E-state index contributed by atoms with van der Waals surface area (Å²) >= 11 is 0. The van der Waals surface area contributed by atoms with Crippen LogP contribution in [0.5, 0.6) is 0 Å². The van der Waals surface area contributed by atoms with Gasteiger partial charge in [0.1, 0.15) is 13.2 Å². The van der Waals surface area contributed by atoms with Crippen molar-refractivity contribution in [1.29, 1.82) is 0 Å². The molecule has 0 saturated carbocycles. The summed E-state index contributed by atoms with van der Waals surface area (Å²) in [6.45, 7) is 6.18. The van der Waals surface area contributed by atoms with Crippen LogP contribution in [0, 0.1) is 0 Å². The predicted molar refractivity (Wildman–Crippen MR) is 306 cm³/mol. The lowest BCUT2D eigenvalue weighted by Gasteiger charge is -2.18. The van der Waals surface area contributed by atoms with Crippen LogP contribution in [-0.4, -0.2) is 37.2 Å². The number of rotatable bonds is 48. The summed E-state index contributed by atoms with van der Waals surface area (Å²) in [6.07, 6.45) is 83.8. The molecule has 0 aliphatic rings. The van der Waals surface area contributed by atoms with E-state index in [-0.39, 0.29) is 44.0 Å². The second-order valence-corrected chi connectivity index (χ2v) is 17.7. The lowest BCUT2D eigenvalue weighted by Crippen LogP contribution is -2.30. The van der Waals surface area contributed by atoms with Crippen LogP contribution >= 0.6 is 0 Å². The van der Waals surface area contributed by atoms with Crippen molar-refractivity contribution < 1.29 is 28.6 Å². The van der Waals surface area contributed by atoms with Crippen LogP contribution in [-0.2, 0) is 28.6 Å². The SMILES string of the molecule is CC/C=C\C/C=C\C/C=C\C/C=C\C/C=C\CCCCCCCC(=O)OCC(COC(=O)CC/C=C\C/C=C\C/C=C\C/C=C\CC)OC(=O)CCCCCCCC/C=C\C/C=C\C/C=C\C/C=C\CC. The van der Waals surface area contributed by atoms with Crippen LogP contribution in [0.25, 0.3) is 0 Å². The second-order valence-electron chi connectivity index (χ2n) is 17.7. The van der Waals surface area contributed by atoms with Crippen molar-refractivity contribution in [3.8, 4) is 0 Å². The molecule has 0 bridgehead atoms. The van der Waals surface area contributed by atoms with Gasteiger partial charge in [-0.05, 0) is 128 Å². The number of esters is 3. The molecular formula is C65H100O6. The monoisotopic (exact) mass is 977 g/mol. The van der Waals surface area contributed by atoms with Gasteiger partial charge in [0.15, 0.2) is 6.10 Å². The third kappa shape index (κ3) is 55.8. The first-order valence-electron chi connectivity index (χ1n) is 28.0. The van der Waals surface area contributed by atoms with Crippen LogP contribution in [0.4, 0.5) is 0 Å². The molecule has 71 heavy (non-hydrogen) atoms. The Bertz CT molecular complexity index is 1640. The maximum atomic E-state index is 12.9. The molecule has 6 heteroatoms. The Morgan fingerprint density at radius 3 is 0.873 bits per heavy atom. The van der Waals surface area contributed by atoms with Crippen LogP contribution in [0.3, 0.4) is 0 Å². The van der Waals surface area contributed by atoms with Gasteiger partial charge in [-0.25, -0.2) is 0 Å². The lowest BCUT2D eigenvalue weighted by molar-refractivity contribution is -0.166. The van der Waals surface area contributed by atoms with Crippen LogP contribution in [0.15, 0.2) is 158 Å². The molecule has 0 fully saturated rings. The van der Waals surface area contributed by atoms with E-state index in [1.165, 1.54) is 12.8 Å². The number of hydrogen-bond donors (Lipinski definition) is 0. The number of hydrogen-bond acceptors (Lipinski definition) is 6.